The third-order valence-electron chi connectivity index (χ3n) is 3.40. The fraction of sp³-hybridized carbons (Fsp3) is 0.0588. The second-order valence-electron chi connectivity index (χ2n) is 5.03. The Balaban J connectivity index is 1.97. The fourth-order valence-corrected chi connectivity index (χ4v) is 2.44. The molecule has 0 aliphatic carbocycles. The van der Waals surface area contributed by atoms with Crippen molar-refractivity contribution in [2.75, 3.05) is 7.11 Å². The first-order valence-electron chi connectivity index (χ1n) is 7.09. The Morgan fingerprint density at radius 2 is 2.08 bits per heavy atom. The van der Waals surface area contributed by atoms with Crippen LogP contribution in [0.2, 0.25) is 5.02 Å². The van der Waals surface area contributed by atoms with Crippen molar-refractivity contribution in [2.24, 2.45) is 4.99 Å². The molecule has 25 heavy (non-hydrogen) atoms. The van der Waals surface area contributed by atoms with E-state index in [0.29, 0.717) is 16.1 Å². The Labute approximate surface area is 147 Å². The molecular formula is C17H11ClN2O5. The van der Waals surface area contributed by atoms with Crippen LogP contribution in [0.1, 0.15) is 11.1 Å². The first-order chi connectivity index (χ1) is 12.0. The van der Waals surface area contributed by atoms with E-state index >= 15 is 0 Å². The van der Waals surface area contributed by atoms with Crippen LogP contribution in [0.25, 0.3) is 6.08 Å². The van der Waals surface area contributed by atoms with E-state index in [-0.39, 0.29) is 23.0 Å². The van der Waals surface area contributed by atoms with E-state index in [0.717, 1.165) is 0 Å². The monoisotopic (exact) mass is 358 g/mol. The number of methoxy groups -OCH3 is 1. The van der Waals surface area contributed by atoms with Crippen molar-refractivity contribution in [3.8, 4) is 5.75 Å². The number of rotatable bonds is 4. The lowest BCUT2D eigenvalue weighted by atomic mass is 10.1. The maximum Gasteiger partial charge on any atom is 0.363 e. The van der Waals surface area contributed by atoms with Gasteiger partial charge in [0.15, 0.2) is 11.4 Å². The van der Waals surface area contributed by atoms with Gasteiger partial charge in [0.25, 0.3) is 0 Å². The van der Waals surface area contributed by atoms with Gasteiger partial charge < -0.3 is 9.47 Å². The van der Waals surface area contributed by atoms with Crippen molar-refractivity contribution in [3.05, 3.63) is 74.4 Å². The average Bonchev–Trinajstić information content (AvgIpc) is 2.95. The second-order valence-corrected chi connectivity index (χ2v) is 5.47. The summed E-state index contributed by atoms with van der Waals surface area (Å²) in [4.78, 5) is 26.6. The SMILES string of the molecule is COc1ccc(/C=C2\N=C(c3cccc(Cl)c3)OC2=O)cc1[N+](=O)[O-]. The van der Waals surface area contributed by atoms with Gasteiger partial charge in [-0.25, -0.2) is 9.79 Å². The maximum atomic E-state index is 12.0. The number of hydrogen-bond donors (Lipinski definition) is 0. The molecular weight excluding hydrogens is 348 g/mol. The van der Waals surface area contributed by atoms with Gasteiger partial charge in [-0.2, -0.15) is 0 Å². The Hall–Kier alpha value is -3.19. The molecule has 1 heterocycles. The number of aliphatic imine (C=N–C) groups is 1. The molecule has 0 saturated carbocycles. The molecule has 0 atom stereocenters. The summed E-state index contributed by atoms with van der Waals surface area (Å²) in [5.41, 5.74) is 0.817. The zero-order valence-electron chi connectivity index (χ0n) is 12.9. The van der Waals surface area contributed by atoms with Gasteiger partial charge in [-0.15, -0.1) is 0 Å². The summed E-state index contributed by atoms with van der Waals surface area (Å²) in [5, 5.41) is 11.6. The van der Waals surface area contributed by atoms with Crippen LogP contribution in [0.3, 0.4) is 0 Å². The van der Waals surface area contributed by atoms with Gasteiger partial charge in [-0.3, -0.25) is 10.1 Å². The number of halogens is 1. The van der Waals surface area contributed by atoms with E-state index < -0.39 is 10.9 Å². The zero-order valence-corrected chi connectivity index (χ0v) is 13.7. The molecule has 0 spiro atoms. The second kappa shape index (κ2) is 6.74. The van der Waals surface area contributed by atoms with E-state index in [1.54, 1.807) is 30.3 Å². The number of esters is 1. The van der Waals surface area contributed by atoms with E-state index in [1.165, 1.54) is 25.3 Å². The predicted octanol–water partition coefficient (Wildman–Crippen LogP) is 3.60. The molecule has 8 heteroatoms. The van der Waals surface area contributed by atoms with Crippen molar-refractivity contribution < 1.29 is 19.2 Å². The summed E-state index contributed by atoms with van der Waals surface area (Å²) in [5.74, 6) is -0.389. The number of carbonyl (C=O) groups excluding carboxylic acids is 1. The van der Waals surface area contributed by atoms with E-state index in [1.807, 2.05) is 0 Å². The number of nitro groups is 1. The molecule has 0 bridgehead atoms. The number of nitrogens with zero attached hydrogens (tertiary/aromatic N) is 2. The minimum absolute atomic E-state index is 0.0365. The number of benzene rings is 2. The van der Waals surface area contributed by atoms with Crippen LogP contribution in [0, 0.1) is 10.1 Å². The molecule has 1 aliphatic heterocycles. The van der Waals surface area contributed by atoms with Crippen LogP contribution in [0.4, 0.5) is 5.69 Å². The summed E-state index contributed by atoms with van der Waals surface area (Å²) in [6.07, 6.45) is 1.41. The van der Waals surface area contributed by atoms with Crippen molar-refractivity contribution in [1.29, 1.82) is 0 Å². The Morgan fingerprint density at radius 3 is 2.76 bits per heavy atom. The smallest absolute Gasteiger partial charge is 0.363 e. The molecule has 2 aromatic rings. The van der Waals surface area contributed by atoms with Crippen LogP contribution < -0.4 is 4.74 Å². The summed E-state index contributed by atoms with van der Waals surface area (Å²) < 4.78 is 10.1. The third-order valence-corrected chi connectivity index (χ3v) is 3.63. The van der Waals surface area contributed by atoms with Crippen LogP contribution >= 0.6 is 11.6 Å². The molecule has 0 N–H and O–H groups in total. The highest BCUT2D eigenvalue weighted by Gasteiger charge is 2.25. The maximum absolute atomic E-state index is 12.0. The molecule has 0 aromatic heterocycles. The molecule has 0 radical (unpaired) electrons. The Bertz CT molecular complexity index is 936. The lowest BCUT2D eigenvalue weighted by Gasteiger charge is -2.02. The molecule has 0 unspecified atom stereocenters. The molecule has 0 fully saturated rings. The average molecular weight is 359 g/mol. The highest BCUT2D eigenvalue weighted by molar-refractivity contribution is 6.31. The van der Waals surface area contributed by atoms with Crippen molar-refractivity contribution in [3.63, 3.8) is 0 Å². The summed E-state index contributed by atoms with van der Waals surface area (Å²) in [7, 11) is 1.34. The molecule has 3 rings (SSSR count). The van der Waals surface area contributed by atoms with Gasteiger partial charge in [-0.1, -0.05) is 23.7 Å². The number of hydrogen-bond acceptors (Lipinski definition) is 6. The minimum Gasteiger partial charge on any atom is -0.490 e. The normalized spacial score (nSPS) is 15.0. The zero-order chi connectivity index (χ0) is 18.0. The molecule has 7 nitrogen and oxygen atoms in total. The van der Waals surface area contributed by atoms with Gasteiger partial charge in [0.1, 0.15) is 0 Å². The summed E-state index contributed by atoms with van der Waals surface area (Å²) >= 11 is 5.92. The highest BCUT2D eigenvalue weighted by atomic mass is 35.5. The standard InChI is InChI=1S/C17H11ClN2O5/c1-24-15-6-5-10(8-14(15)20(22)23)7-13-17(21)25-16(19-13)11-3-2-4-12(18)9-11/h2-9H,1H3/b13-7-. The summed E-state index contributed by atoms with van der Waals surface area (Å²) in [6.45, 7) is 0. The van der Waals surface area contributed by atoms with Gasteiger partial charge in [0.2, 0.25) is 5.90 Å². The highest BCUT2D eigenvalue weighted by Crippen LogP contribution is 2.29. The molecule has 126 valence electrons. The fourth-order valence-electron chi connectivity index (χ4n) is 2.25. The first kappa shape index (κ1) is 16.7. The van der Waals surface area contributed by atoms with E-state index in [2.05, 4.69) is 4.99 Å². The largest absolute Gasteiger partial charge is 0.490 e. The first-order valence-corrected chi connectivity index (χ1v) is 7.46. The Morgan fingerprint density at radius 1 is 1.28 bits per heavy atom. The lowest BCUT2D eigenvalue weighted by Crippen LogP contribution is -2.05. The van der Waals surface area contributed by atoms with Crippen LogP contribution in [-0.2, 0) is 9.53 Å². The molecule has 0 amide bonds. The summed E-state index contributed by atoms with van der Waals surface area (Å²) in [6, 6.07) is 11.1. The van der Waals surface area contributed by atoms with Gasteiger partial charge in [0, 0.05) is 16.7 Å². The van der Waals surface area contributed by atoms with Crippen LogP contribution in [-0.4, -0.2) is 23.9 Å². The van der Waals surface area contributed by atoms with Crippen LogP contribution in [0.15, 0.2) is 53.2 Å². The topological polar surface area (TPSA) is 91.0 Å². The number of nitro benzene ring substituents is 1. The quantitative estimate of drug-likeness (QED) is 0.360. The third kappa shape index (κ3) is 3.51. The van der Waals surface area contributed by atoms with Crippen molar-refractivity contribution in [2.45, 2.75) is 0 Å². The predicted molar refractivity (Wildman–Crippen MR) is 91.7 cm³/mol. The van der Waals surface area contributed by atoms with Gasteiger partial charge >= 0.3 is 11.7 Å². The van der Waals surface area contributed by atoms with E-state index in [9.17, 15) is 14.9 Å². The number of cyclic esters (lactones) is 1. The molecule has 2 aromatic carbocycles. The van der Waals surface area contributed by atoms with Crippen molar-refractivity contribution in [1.82, 2.24) is 0 Å². The van der Waals surface area contributed by atoms with E-state index in [4.69, 9.17) is 21.1 Å². The van der Waals surface area contributed by atoms with Crippen LogP contribution in [0.5, 0.6) is 5.75 Å². The Kier molecular flexibility index (Phi) is 4.49. The van der Waals surface area contributed by atoms with Gasteiger partial charge in [0.05, 0.1) is 12.0 Å². The van der Waals surface area contributed by atoms with Crippen molar-refractivity contribution >= 4 is 35.2 Å². The molecule has 0 saturated heterocycles. The minimum atomic E-state index is -0.645. The molecule has 1 aliphatic rings. The number of carbonyl (C=O) groups is 1. The number of ether oxygens (including phenoxy) is 2. The lowest BCUT2D eigenvalue weighted by molar-refractivity contribution is -0.385. The van der Waals surface area contributed by atoms with Gasteiger partial charge in [-0.05, 0) is 35.9 Å².